The number of anilines is 2. The van der Waals surface area contributed by atoms with E-state index in [1.165, 1.54) is 6.07 Å². The molecule has 2 heterocycles. The van der Waals surface area contributed by atoms with Crippen LogP contribution >= 0.6 is 11.3 Å². The van der Waals surface area contributed by atoms with Crippen molar-refractivity contribution >= 4 is 34.2 Å². The molecular formula is C11H12N4O3S. The van der Waals surface area contributed by atoms with Gasteiger partial charge in [0.1, 0.15) is 5.00 Å². The van der Waals surface area contributed by atoms with Gasteiger partial charge >= 0.3 is 12.0 Å². The normalized spacial score (nSPS) is 10.2. The number of aryl methyl sites for hydroxylation is 1. The van der Waals surface area contributed by atoms with Crippen LogP contribution in [0.1, 0.15) is 23.0 Å². The molecule has 0 bridgehead atoms. The first-order valence-electron chi connectivity index (χ1n) is 5.53. The molecule has 4 N–H and O–H groups in total. The molecule has 19 heavy (non-hydrogen) atoms. The Morgan fingerprint density at radius 1 is 1.47 bits per heavy atom. The van der Waals surface area contributed by atoms with Crippen molar-refractivity contribution in [2.24, 2.45) is 0 Å². The predicted molar refractivity (Wildman–Crippen MR) is 71.9 cm³/mol. The summed E-state index contributed by atoms with van der Waals surface area (Å²) < 4.78 is 0. The second-order valence-corrected chi connectivity index (χ2v) is 4.60. The smallest absolute Gasteiger partial charge is 0.338 e. The van der Waals surface area contributed by atoms with Gasteiger partial charge in [-0.2, -0.15) is 5.10 Å². The molecule has 0 aromatic carbocycles. The Morgan fingerprint density at radius 2 is 2.26 bits per heavy atom. The molecule has 2 aromatic rings. The van der Waals surface area contributed by atoms with E-state index in [2.05, 4.69) is 20.8 Å². The van der Waals surface area contributed by atoms with E-state index in [1.54, 1.807) is 11.4 Å². The fourth-order valence-corrected chi connectivity index (χ4v) is 2.21. The molecule has 0 spiro atoms. The minimum atomic E-state index is -1.08. The van der Waals surface area contributed by atoms with Gasteiger partial charge < -0.3 is 5.11 Å². The van der Waals surface area contributed by atoms with Gasteiger partial charge in [0.15, 0.2) is 5.82 Å². The van der Waals surface area contributed by atoms with Gasteiger partial charge in [-0.25, -0.2) is 9.59 Å². The first-order valence-corrected chi connectivity index (χ1v) is 6.41. The van der Waals surface area contributed by atoms with E-state index in [-0.39, 0.29) is 10.6 Å². The second kappa shape index (κ2) is 5.53. The maximum absolute atomic E-state index is 11.7. The van der Waals surface area contributed by atoms with E-state index >= 15 is 0 Å². The molecule has 0 saturated carbocycles. The van der Waals surface area contributed by atoms with Crippen molar-refractivity contribution in [3.63, 3.8) is 0 Å². The highest BCUT2D eigenvalue weighted by atomic mass is 32.1. The van der Waals surface area contributed by atoms with Crippen LogP contribution in [-0.4, -0.2) is 27.3 Å². The molecule has 7 nitrogen and oxygen atoms in total. The maximum Gasteiger partial charge on any atom is 0.338 e. The maximum atomic E-state index is 11.7. The lowest BCUT2D eigenvalue weighted by molar-refractivity contribution is 0.0698. The molecule has 8 heteroatoms. The fraction of sp³-hybridized carbons (Fsp3) is 0.182. The number of urea groups is 1. The minimum Gasteiger partial charge on any atom is -0.478 e. The number of carbonyl (C=O) groups excluding carboxylic acids is 1. The van der Waals surface area contributed by atoms with Crippen LogP contribution in [0.4, 0.5) is 15.6 Å². The summed E-state index contributed by atoms with van der Waals surface area (Å²) in [5.74, 6) is -0.688. The summed E-state index contributed by atoms with van der Waals surface area (Å²) in [6.45, 7) is 1.96. The molecule has 2 rings (SSSR count). The molecule has 0 radical (unpaired) electrons. The summed E-state index contributed by atoms with van der Waals surface area (Å²) in [7, 11) is 0. The number of H-pyrrole nitrogens is 1. The van der Waals surface area contributed by atoms with Crippen molar-refractivity contribution in [1.29, 1.82) is 0 Å². The molecule has 0 atom stereocenters. The van der Waals surface area contributed by atoms with Crippen molar-refractivity contribution in [3.8, 4) is 0 Å². The molecule has 0 aliphatic rings. The fourth-order valence-electron chi connectivity index (χ4n) is 1.43. The van der Waals surface area contributed by atoms with Crippen LogP contribution < -0.4 is 10.6 Å². The number of nitrogens with one attached hydrogen (secondary N) is 3. The first-order chi connectivity index (χ1) is 9.10. The third kappa shape index (κ3) is 3.10. The number of carboxylic acid groups (broad SMARTS) is 1. The lowest BCUT2D eigenvalue weighted by atomic mass is 10.3. The average Bonchev–Trinajstić information content (AvgIpc) is 2.97. The lowest BCUT2D eigenvalue weighted by Crippen LogP contribution is -2.20. The Balaban J connectivity index is 2.01. The van der Waals surface area contributed by atoms with Crippen LogP contribution in [0.5, 0.6) is 0 Å². The Kier molecular flexibility index (Phi) is 3.81. The highest BCUT2D eigenvalue weighted by Crippen LogP contribution is 2.23. The van der Waals surface area contributed by atoms with Crippen LogP contribution in [0.15, 0.2) is 17.5 Å². The summed E-state index contributed by atoms with van der Waals surface area (Å²) in [5.41, 5.74) is 0.967. The van der Waals surface area contributed by atoms with Crippen LogP contribution in [-0.2, 0) is 6.42 Å². The second-order valence-electron chi connectivity index (χ2n) is 3.68. The number of rotatable bonds is 4. The molecule has 2 amide bonds. The molecule has 0 aliphatic heterocycles. The Bertz CT molecular complexity index is 605. The van der Waals surface area contributed by atoms with Crippen molar-refractivity contribution in [1.82, 2.24) is 10.2 Å². The number of amides is 2. The Hall–Kier alpha value is -2.35. The molecule has 0 unspecified atom stereocenters. The van der Waals surface area contributed by atoms with E-state index in [0.717, 1.165) is 23.5 Å². The zero-order chi connectivity index (χ0) is 13.8. The third-order valence-electron chi connectivity index (χ3n) is 2.38. The van der Waals surface area contributed by atoms with E-state index in [0.29, 0.717) is 5.82 Å². The monoisotopic (exact) mass is 280 g/mol. The van der Waals surface area contributed by atoms with Gasteiger partial charge in [-0.3, -0.25) is 15.7 Å². The van der Waals surface area contributed by atoms with Crippen molar-refractivity contribution in [3.05, 3.63) is 28.8 Å². The third-order valence-corrected chi connectivity index (χ3v) is 3.21. The molecule has 0 aliphatic carbocycles. The highest BCUT2D eigenvalue weighted by molar-refractivity contribution is 7.14. The SMILES string of the molecule is CCc1cc(NC(=O)Nc2sccc2C(=O)O)n[nH]1. The van der Waals surface area contributed by atoms with E-state index in [1.807, 2.05) is 6.92 Å². The molecule has 2 aromatic heterocycles. The molecular weight excluding hydrogens is 268 g/mol. The van der Waals surface area contributed by atoms with Crippen molar-refractivity contribution < 1.29 is 14.7 Å². The number of aromatic nitrogens is 2. The van der Waals surface area contributed by atoms with E-state index in [4.69, 9.17) is 5.11 Å². The average molecular weight is 280 g/mol. The number of carbonyl (C=O) groups is 2. The van der Waals surface area contributed by atoms with Crippen molar-refractivity contribution in [2.45, 2.75) is 13.3 Å². The first kappa shape index (κ1) is 13.1. The van der Waals surface area contributed by atoms with Gasteiger partial charge in [-0.1, -0.05) is 6.92 Å². The lowest BCUT2D eigenvalue weighted by Gasteiger charge is -2.04. The number of hydrogen-bond acceptors (Lipinski definition) is 4. The zero-order valence-corrected chi connectivity index (χ0v) is 10.9. The van der Waals surface area contributed by atoms with E-state index < -0.39 is 12.0 Å². The quantitative estimate of drug-likeness (QED) is 0.689. The summed E-state index contributed by atoms with van der Waals surface area (Å²) in [4.78, 5) is 22.6. The van der Waals surface area contributed by atoms with E-state index in [9.17, 15) is 9.59 Å². The van der Waals surface area contributed by atoms with Crippen LogP contribution in [0.2, 0.25) is 0 Å². The van der Waals surface area contributed by atoms with Gasteiger partial charge in [0, 0.05) is 11.8 Å². The number of aromatic amines is 1. The largest absolute Gasteiger partial charge is 0.478 e. The molecule has 0 fully saturated rings. The number of aromatic carboxylic acids is 1. The summed E-state index contributed by atoms with van der Waals surface area (Å²) in [6, 6.07) is 2.62. The van der Waals surface area contributed by atoms with Crippen LogP contribution in [0.25, 0.3) is 0 Å². The van der Waals surface area contributed by atoms with Crippen LogP contribution in [0, 0.1) is 0 Å². The minimum absolute atomic E-state index is 0.0661. The number of thiophene rings is 1. The zero-order valence-electron chi connectivity index (χ0n) is 10.1. The number of carboxylic acids is 1. The summed E-state index contributed by atoms with van der Waals surface area (Å²) in [5, 5.41) is 22.5. The van der Waals surface area contributed by atoms with Gasteiger partial charge in [-0.15, -0.1) is 11.3 Å². The Labute approximate surface area is 112 Å². The standard InChI is InChI=1S/C11H12N4O3S/c1-2-6-5-8(15-14-6)12-11(18)13-9-7(10(16)17)3-4-19-9/h3-5H,2H2,1H3,(H,16,17)(H3,12,13,14,15,18). The summed E-state index contributed by atoms with van der Waals surface area (Å²) >= 11 is 1.15. The van der Waals surface area contributed by atoms with Gasteiger partial charge in [0.2, 0.25) is 0 Å². The summed E-state index contributed by atoms with van der Waals surface area (Å²) in [6.07, 6.45) is 0.782. The van der Waals surface area contributed by atoms with Gasteiger partial charge in [0.05, 0.1) is 5.56 Å². The van der Waals surface area contributed by atoms with Gasteiger partial charge in [-0.05, 0) is 17.9 Å². The topological polar surface area (TPSA) is 107 Å². The molecule has 0 saturated heterocycles. The predicted octanol–water partition coefficient (Wildman–Crippen LogP) is 2.38. The van der Waals surface area contributed by atoms with Gasteiger partial charge in [0.25, 0.3) is 0 Å². The number of nitrogens with zero attached hydrogens (tertiary/aromatic N) is 1. The Morgan fingerprint density at radius 3 is 2.89 bits per heavy atom. The number of hydrogen-bond donors (Lipinski definition) is 4. The highest BCUT2D eigenvalue weighted by Gasteiger charge is 2.14. The van der Waals surface area contributed by atoms with Crippen molar-refractivity contribution in [2.75, 3.05) is 10.6 Å². The van der Waals surface area contributed by atoms with Crippen LogP contribution in [0.3, 0.4) is 0 Å². The molecule has 100 valence electrons.